The normalized spacial score (nSPS) is 25.6. The third kappa shape index (κ3) is 3.48. The fourth-order valence-electron chi connectivity index (χ4n) is 4.13. The van der Waals surface area contributed by atoms with E-state index >= 15 is 0 Å². The van der Waals surface area contributed by atoms with Crippen molar-refractivity contribution in [2.45, 2.75) is 38.6 Å². The number of Topliss-reactive ketones (excluding diaryl/α,β-unsaturated/α-hetero) is 1. The molecule has 0 radical (unpaired) electrons. The Balaban J connectivity index is 1.37. The molecule has 2 saturated carbocycles. The number of pyridine rings is 1. The Morgan fingerprint density at radius 3 is 2.64 bits per heavy atom. The van der Waals surface area contributed by atoms with Crippen LogP contribution >= 0.6 is 0 Å². The molecule has 2 unspecified atom stereocenters. The van der Waals surface area contributed by atoms with Gasteiger partial charge in [-0.2, -0.15) is 5.10 Å². The van der Waals surface area contributed by atoms with E-state index < -0.39 is 0 Å². The number of anilines is 1. The van der Waals surface area contributed by atoms with E-state index in [4.69, 9.17) is 0 Å². The predicted octanol–water partition coefficient (Wildman–Crippen LogP) is 2.66. The Labute approximate surface area is 146 Å². The van der Waals surface area contributed by atoms with Crippen LogP contribution in [0.5, 0.6) is 0 Å². The van der Waals surface area contributed by atoms with Crippen molar-refractivity contribution in [2.75, 3.05) is 5.32 Å². The van der Waals surface area contributed by atoms with E-state index in [1.165, 1.54) is 0 Å². The van der Waals surface area contributed by atoms with Crippen molar-refractivity contribution in [3.05, 3.63) is 42.5 Å². The summed E-state index contributed by atoms with van der Waals surface area (Å²) in [5, 5.41) is 7.28. The lowest BCUT2D eigenvalue weighted by molar-refractivity contribution is -0.136. The van der Waals surface area contributed by atoms with Gasteiger partial charge in [0.25, 0.3) is 0 Å². The van der Waals surface area contributed by atoms with Gasteiger partial charge in [0.05, 0.1) is 18.4 Å². The summed E-state index contributed by atoms with van der Waals surface area (Å²) in [6.07, 6.45) is 11.4. The Morgan fingerprint density at radius 2 is 1.92 bits per heavy atom. The standard InChI is InChI=1S/C19H22N4O2/c24-18-14-2-1-3-15(18)9-16(8-14)19(25)22-17-10-21-23(12-17)11-13-4-6-20-7-5-13/h4-7,10,12,14-16H,1-3,8-9,11H2,(H,22,25). The zero-order valence-electron chi connectivity index (χ0n) is 14.1. The zero-order valence-corrected chi connectivity index (χ0v) is 14.1. The van der Waals surface area contributed by atoms with Crippen molar-refractivity contribution in [3.63, 3.8) is 0 Å². The molecule has 1 amide bonds. The Kier molecular flexibility index (Phi) is 4.34. The quantitative estimate of drug-likeness (QED) is 0.930. The van der Waals surface area contributed by atoms with Crippen molar-refractivity contribution >= 4 is 17.4 Å². The molecule has 0 saturated heterocycles. The smallest absolute Gasteiger partial charge is 0.227 e. The summed E-state index contributed by atoms with van der Waals surface area (Å²) >= 11 is 0. The van der Waals surface area contributed by atoms with Crippen LogP contribution in [0, 0.1) is 17.8 Å². The van der Waals surface area contributed by atoms with E-state index in [2.05, 4.69) is 15.4 Å². The van der Waals surface area contributed by atoms with Crippen LogP contribution < -0.4 is 5.32 Å². The van der Waals surface area contributed by atoms with Gasteiger partial charge in [0.2, 0.25) is 5.91 Å². The molecule has 2 aliphatic carbocycles. The molecule has 2 fully saturated rings. The average molecular weight is 338 g/mol. The molecule has 2 aromatic rings. The molecule has 4 rings (SSSR count). The lowest BCUT2D eigenvalue weighted by Gasteiger charge is -2.36. The van der Waals surface area contributed by atoms with Gasteiger partial charge in [-0.3, -0.25) is 19.3 Å². The van der Waals surface area contributed by atoms with Crippen molar-refractivity contribution in [3.8, 4) is 0 Å². The summed E-state index contributed by atoms with van der Waals surface area (Å²) in [5.74, 6) is 0.542. The van der Waals surface area contributed by atoms with Gasteiger partial charge in [-0.05, 0) is 43.4 Å². The fourth-order valence-corrected chi connectivity index (χ4v) is 4.13. The second kappa shape index (κ2) is 6.78. The molecule has 6 nitrogen and oxygen atoms in total. The summed E-state index contributed by atoms with van der Waals surface area (Å²) in [7, 11) is 0. The van der Waals surface area contributed by atoms with Gasteiger partial charge in [-0.25, -0.2) is 0 Å². The second-order valence-corrected chi connectivity index (χ2v) is 7.17. The van der Waals surface area contributed by atoms with E-state index in [0.29, 0.717) is 30.9 Å². The molecule has 0 aromatic carbocycles. The molecule has 130 valence electrons. The number of rotatable bonds is 4. The number of ketones is 1. The second-order valence-electron chi connectivity index (χ2n) is 7.17. The number of hydrogen-bond donors (Lipinski definition) is 1. The number of aromatic nitrogens is 3. The number of carbonyl (C=O) groups excluding carboxylic acids is 2. The van der Waals surface area contributed by atoms with Gasteiger partial charge in [0, 0.05) is 36.3 Å². The molecule has 1 N–H and O–H groups in total. The summed E-state index contributed by atoms with van der Waals surface area (Å²) in [5.41, 5.74) is 1.82. The van der Waals surface area contributed by atoms with Gasteiger partial charge in [-0.1, -0.05) is 6.42 Å². The van der Waals surface area contributed by atoms with Gasteiger partial charge in [0.1, 0.15) is 5.78 Å². The van der Waals surface area contributed by atoms with Crippen LogP contribution in [0.4, 0.5) is 5.69 Å². The van der Waals surface area contributed by atoms with Gasteiger partial charge in [0.15, 0.2) is 0 Å². The van der Waals surface area contributed by atoms with E-state index in [1.807, 2.05) is 18.3 Å². The molecule has 2 heterocycles. The highest BCUT2D eigenvalue weighted by atomic mass is 16.2. The SMILES string of the molecule is O=C(Nc1cnn(Cc2ccncc2)c1)C1CC2CCCC(C1)C2=O. The largest absolute Gasteiger partial charge is 0.323 e. The molecule has 2 atom stereocenters. The first-order valence-corrected chi connectivity index (χ1v) is 8.95. The van der Waals surface area contributed by atoms with Crippen LogP contribution in [-0.2, 0) is 16.1 Å². The number of nitrogens with zero attached hydrogens (tertiary/aromatic N) is 3. The van der Waals surface area contributed by atoms with Crippen LogP contribution in [0.25, 0.3) is 0 Å². The van der Waals surface area contributed by atoms with Gasteiger partial charge in [-0.15, -0.1) is 0 Å². The van der Waals surface area contributed by atoms with Crippen molar-refractivity contribution in [1.82, 2.24) is 14.8 Å². The van der Waals surface area contributed by atoms with E-state index in [1.54, 1.807) is 23.3 Å². The maximum atomic E-state index is 12.6. The lowest BCUT2D eigenvalue weighted by atomic mass is 9.67. The number of carbonyl (C=O) groups is 2. The molecule has 2 aliphatic rings. The number of nitrogens with one attached hydrogen (secondary N) is 1. The first kappa shape index (κ1) is 16.0. The molecule has 0 spiro atoms. The highest BCUT2D eigenvalue weighted by Gasteiger charge is 2.41. The minimum absolute atomic E-state index is 0.0212. The van der Waals surface area contributed by atoms with Crippen molar-refractivity contribution < 1.29 is 9.59 Å². The number of hydrogen-bond acceptors (Lipinski definition) is 4. The Morgan fingerprint density at radius 1 is 1.20 bits per heavy atom. The third-order valence-electron chi connectivity index (χ3n) is 5.41. The molecule has 2 bridgehead atoms. The van der Waals surface area contributed by atoms with E-state index in [9.17, 15) is 9.59 Å². The third-order valence-corrected chi connectivity index (χ3v) is 5.41. The van der Waals surface area contributed by atoms with Crippen molar-refractivity contribution in [2.24, 2.45) is 17.8 Å². The van der Waals surface area contributed by atoms with Crippen LogP contribution in [0.3, 0.4) is 0 Å². The van der Waals surface area contributed by atoms with Gasteiger partial charge < -0.3 is 5.32 Å². The molecule has 2 aromatic heterocycles. The maximum Gasteiger partial charge on any atom is 0.227 e. The summed E-state index contributed by atoms with van der Waals surface area (Å²) in [4.78, 5) is 28.8. The first-order valence-electron chi connectivity index (χ1n) is 8.95. The molecule has 25 heavy (non-hydrogen) atoms. The van der Waals surface area contributed by atoms with Crippen LogP contribution in [-0.4, -0.2) is 26.5 Å². The van der Waals surface area contributed by atoms with Crippen LogP contribution in [0.1, 0.15) is 37.7 Å². The first-order chi connectivity index (χ1) is 12.2. The summed E-state index contributed by atoms with van der Waals surface area (Å²) in [6.45, 7) is 0.639. The fraction of sp³-hybridized carbons (Fsp3) is 0.474. The minimum atomic E-state index is -0.0588. The average Bonchev–Trinajstić information content (AvgIpc) is 3.02. The Bertz CT molecular complexity index is 755. The molecular formula is C19H22N4O2. The Hall–Kier alpha value is -2.50. The predicted molar refractivity (Wildman–Crippen MR) is 92.8 cm³/mol. The maximum absolute atomic E-state index is 12.6. The van der Waals surface area contributed by atoms with E-state index in [0.717, 1.165) is 24.8 Å². The monoisotopic (exact) mass is 338 g/mol. The topological polar surface area (TPSA) is 76.9 Å². The highest BCUT2D eigenvalue weighted by Crippen LogP contribution is 2.40. The van der Waals surface area contributed by atoms with Gasteiger partial charge >= 0.3 is 0 Å². The van der Waals surface area contributed by atoms with Crippen LogP contribution in [0.15, 0.2) is 36.9 Å². The van der Waals surface area contributed by atoms with E-state index in [-0.39, 0.29) is 23.7 Å². The molecular weight excluding hydrogens is 316 g/mol. The summed E-state index contributed by atoms with van der Waals surface area (Å²) < 4.78 is 1.80. The molecule has 6 heteroatoms. The summed E-state index contributed by atoms with van der Waals surface area (Å²) in [6, 6.07) is 3.88. The molecule has 0 aliphatic heterocycles. The van der Waals surface area contributed by atoms with Crippen molar-refractivity contribution in [1.29, 1.82) is 0 Å². The highest BCUT2D eigenvalue weighted by molar-refractivity contribution is 5.94. The zero-order chi connectivity index (χ0) is 17.2. The lowest BCUT2D eigenvalue weighted by Crippen LogP contribution is -2.40. The minimum Gasteiger partial charge on any atom is -0.323 e. The van der Waals surface area contributed by atoms with Crippen LogP contribution in [0.2, 0.25) is 0 Å². The number of amides is 1. The number of fused-ring (bicyclic) bond motifs is 2.